The molecule has 134 valence electrons. The van der Waals surface area contributed by atoms with Gasteiger partial charge in [0.1, 0.15) is 10.7 Å². The predicted octanol–water partition coefficient (Wildman–Crippen LogP) is 1.05. The predicted molar refractivity (Wildman–Crippen MR) is 103 cm³/mol. The molecule has 1 aromatic carbocycles. The highest BCUT2D eigenvalue weighted by atomic mass is 16.1. The highest BCUT2D eigenvalue weighted by Gasteiger charge is 2.19. The zero-order valence-corrected chi connectivity index (χ0v) is 15.3. The number of aryl methyl sites for hydroxylation is 1. The van der Waals surface area contributed by atoms with Crippen LogP contribution in [0.25, 0.3) is 12.2 Å². The van der Waals surface area contributed by atoms with Crippen LogP contribution in [0, 0.1) is 6.92 Å². The van der Waals surface area contributed by atoms with E-state index >= 15 is 0 Å². The molecule has 0 spiro atoms. The molecular weight excluding hydrogens is 328 g/mol. The Morgan fingerprint density at radius 3 is 2.08 bits per heavy atom. The standard InChI is InChI=1S/C20H22N4O2/c1-12-5-7-13(8-6-12)9-15-18(25)24-16(19(26)23-15)10-14-17(20(2,3)4)22-11-21-14/h5-11H,1-4H3,(H,21,22)(H,23,26)(H,24,25). The summed E-state index contributed by atoms with van der Waals surface area (Å²) in [7, 11) is 0. The average molecular weight is 350 g/mol. The van der Waals surface area contributed by atoms with E-state index in [0.29, 0.717) is 5.69 Å². The fourth-order valence-corrected chi connectivity index (χ4v) is 2.68. The molecule has 0 fully saturated rings. The molecule has 6 heteroatoms. The van der Waals surface area contributed by atoms with Crippen molar-refractivity contribution < 1.29 is 0 Å². The molecule has 3 rings (SSSR count). The number of rotatable bonds is 2. The van der Waals surface area contributed by atoms with Gasteiger partial charge in [0.15, 0.2) is 0 Å². The van der Waals surface area contributed by atoms with Crippen LogP contribution >= 0.6 is 0 Å². The number of nitrogens with zero attached hydrogens (tertiary/aromatic N) is 1. The van der Waals surface area contributed by atoms with Crippen molar-refractivity contribution in [3.05, 3.63) is 84.5 Å². The highest BCUT2D eigenvalue weighted by molar-refractivity contribution is 5.49. The molecule has 0 radical (unpaired) electrons. The van der Waals surface area contributed by atoms with Crippen molar-refractivity contribution in [2.45, 2.75) is 33.1 Å². The molecule has 2 aromatic heterocycles. The largest absolute Gasteiger partial charge is 0.348 e. The van der Waals surface area contributed by atoms with Gasteiger partial charge in [0.25, 0.3) is 11.1 Å². The summed E-state index contributed by atoms with van der Waals surface area (Å²) in [4.78, 5) is 37.4. The van der Waals surface area contributed by atoms with Gasteiger partial charge in [-0.2, -0.15) is 0 Å². The summed E-state index contributed by atoms with van der Waals surface area (Å²) in [6.45, 7) is 8.13. The molecule has 3 aromatic rings. The summed E-state index contributed by atoms with van der Waals surface area (Å²) >= 11 is 0. The topological polar surface area (TPSA) is 94.4 Å². The van der Waals surface area contributed by atoms with Crippen LogP contribution in [0.2, 0.25) is 0 Å². The Balaban J connectivity index is 2.12. The minimum absolute atomic E-state index is 0.158. The number of hydrogen-bond acceptors (Lipinski definition) is 3. The third kappa shape index (κ3) is 3.74. The van der Waals surface area contributed by atoms with Crippen LogP contribution in [0.1, 0.15) is 43.3 Å². The van der Waals surface area contributed by atoms with Crippen LogP contribution < -0.4 is 21.8 Å². The summed E-state index contributed by atoms with van der Waals surface area (Å²) in [5.41, 5.74) is 2.62. The first-order chi connectivity index (χ1) is 12.2. The molecular formula is C20H22N4O2. The Morgan fingerprint density at radius 1 is 0.923 bits per heavy atom. The third-order valence-corrected chi connectivity index (χ3v) is 4.07. The lowest BCUT2D eigenvalue weighted by Crippen LogP contribution is -2.46. The van der Waals surface area contributed by atoms with Gasteiger partial charge in [0.05, 0.1) is 12.0 Å². The minimum Gasteiger partial charge on any atom is -0.348 e. The maximum absolute atomic E-state index is 12.4. The lowest BCUT2D eigenvalue weighted by atomic mass is 9.90. The Bertz CT molecular complexity index is 1160. The monoisotopic (exact) mass is 350 g/mol. The Kier molecular flexibility index (Phi) is 4.50. The smallest absolute Gasteiger partial charge is 0.272 e. The number of aromatic amines is 3. The van der Waals surface area contributed by atoms with E-state index in [1.165, 1.54) is 0 Å². The summed E-state index contributed by atoms with van der Waals surface area (Å²) < 4.78 is 0. The lowest BCUT2D eigenvalue weighted by molar-refractivity contribution is 0.571. The van der Waals surface area contributed by atoms with Gasteiger partial charge in [-0.1, -0.05) is 50.6 Å². The Labute approximate surface area is 150 Å². The van der Waals surface area contributed by atoms with Gasteiger partial charge in [0.2, 0.25) is 0 Å². The van der Waals surface area contributed by atoms with E-state index in [9.17, 15) is 9.59 Å². The van der Waals surface area contributed by atoms with Gasteiger partial charge in [-0.05, 0) is 24.6 Å². The van der Waals surface area contributed by atoms with E-state index < -0.39 is 0 Å². The maximum Gasteiger partial charge on any atom is 0.272 e. The number of benzene rings is 1. The van der Waals surface area contributed by atoms with E-state index in [1.54, 1.807) is 18.5 Å². The van der Waals surface area contributed by atoms with E-state index in [2.05, 4.69) is 19.9 Å². The van der Waals surface area contributed by atoms with Crippen molar-refractivity contribution in [3.63, 3.8) is 0 Å². The van der Waals surface area contributed by atoms with Gasteiger partial charge >= 0.3 is 0 Å². The molecule has 0 atom stereocenters. The fraction of sp³-hybridized carbons (Fsp3) is 0.250. The second kappa shape index (κ2) is 6.63. The number of H-pyrrole nitrogens is 3. The second-order valence-electron chi connectivity index (χ2n) is 7.35. The molecule has 3 N–H and O–H groups in total. The van der Waals surface area contributed by atoms with Gasteiger partial charge < -0.3 is 15.0 Å². The van der Waals surface area contributed by atoms with Crippen molar-refractivity contribution in [1.82, 2.24) is 19.9 Å². The van der Waals surface area contributed by atoms with E-state index in [4.69, 9.17) is 0 Å². The molecule has 0 saturated carbocycles. The first kappa shape index (κ1) is 17.7. The minimum atomic E-state index is -0.370. The van der Waals surface area contributed by atoms with E-state index in [1.807, 2.05) is 52.0 Å². The first-order valence-corrected chi connectivity index (χ1v) is 8.40. The van der Waals surface area contributed by atoms with Gasteiger partial charge in [0, 0.05) is 11.1 Å². The third-order valence-electron chi connectivity index (χ3n) is 4.07. The SMILES string of the molecule is Cc1ccc(C=c2[nH]c(=O)c(=Cc3nc[nH]c3C(C)(C)C)[nH]c2=O)cc1. The van der Waals surface area contributed by atoms with Crippen molar-refractivity contribution in [2.24, 2.45) is 0 Å². The second-order valence-corrected chi connectivity index (χ2v) is 7.35. The normalized spacial score (nSPS) is 13.4. The summed E-state index contributed by atoms with van der Waals surface area (Å²) in [6.07, 6.45) is 4.82. The fourth-order valence-electron chi connectivity index (χ4n) is 2.68. The highest BCUT2D eigenvalue weighted by Crippen LogP contribution is 2.22. The van der Waals surface area contributed by atoms with Crippen LogP contribution in [-0.4, -0.2) is 19.9 Å². The first-order valence-electron chi connectivity index (χ1n) is 8.40. The number of nitrogens with one attached hydrogen (secondary N) is 3. The van der Waals surface area contributed by atoms with Crippen molar-refractivity contribution >= 4 is 12.2 Å². The average Bonchev–Trinajstić information content (AvgIpc) is 3.03. The van der Waals surface area contributed by atoms with E-state index in [0.717, 1.165) is 16.8 Å². The zero-order valence-electron chi connectivity index (χ0n) is 15.3. The molecule has 26 heavy (non-hydrogen) atoms. The molecule has 0 bridgehead atoms. The van der Waals surface area contributed by atoms with Crippen LogP contribution in [0.15, 0.2) is 40.2 Å². The van der Waals surface area contributed by atoms with Crippen LogP contribution in [0.5, 0.6) is 0 Å². The van der Waals surface area contributed by atoms with Crippen molar-refractivity contribution in [2.75, 3.05) is 0 Å². The quantitative estimate of drug-likeness (QED) is 0.645. The molecule has 0 aliphatic carbocycles. The molecule has 0 saturated heterocycles. The van der Waals surface area contributed by atoms with Gasteiger partial charge in [-0.25, -0.2) is 4.98 Å². The van der Waals surface area contributed by atoms with Gasteiger partial charge in [-0.15, -0.1) is 0 Å². The Morgan fingerprint density at radius 2 is 1.50 bits per heavy atom. The molecule has 0 amide bonds. The number of aromatic nitrogens is 4. The number of imidazole rings is 1. The number of hydrogen-bond donors (Lipinski definition) is 3. The molecule has 0 aliphatic rings. The summed E-state index contributed by atoms with van der Waals surface area (Å²) in [6, 6.07) is 7.69. The lowest BCUT2D eigenvalue weighted by Gasteiger charge is -2.16. The van der Waals surface area contributed by atoms with Crippen LogP contribution in [-0.2, 0) is 5.41 Å². The van der Waals surface area contributed by atoms with Crippen LogP contribution in [0.4, 0.5) is 0 Å². The molecule has 6 nitrogen and oxygen atoms in total. The van der Waals surface area contributed by atoms with Crippen molar-refractivity contribution in [1.29, 1.82) is 0 Å². The van der Waals surface area contributed by atoms with E-state index in [-0.39, 0.29) is 27.2 Å². The molecule has 0 unspecified atom stereocenters. The molecule has 0 aliphatic heterocycles. The summed E-state index contributed by atoms with van der Waals surface area (Å²) in [5.74, 6) is 0. The maximum atomic E-state index is 12.4. The summed E-state index contributed by atoms with van der Waals surface area (Å²) in [5, 5.41) is 0.391. The van der Waals surface area contributed by atoms with Crippen molar-refractivity contribution in [3.8, 4) is 0 Å². The zero-order chi connectivity index (χ0) is 18.9. The Hall–Kier alpha value is -3.15. The van der Waals surface area contributed by atoms with Crippen LogP contribution in [0.3, 0.4) is 0 Å². The van der Waals surface area contributed by atoms with Gasteiger partial charge in [-0.3, -0.25) is 9.59 Å². The molecule has 2 heterocycles.